The Morgan fingerprint density at radius 3 is 3.06 bits per heavy atom. The van der Waals surface area contributed by atoms with E-state index in [0.29, 0.717) is 5.13 Å². The summed E-state index contributed by atoms with van der Waals surface area (Å²) in [5.41, 5.74) is 9.76. The van der Waals surface area contributed by atoms with Gasteiger partial charge in [-0.15, -0.1) is 11.3 Å². The number of aromatic nitrogens is 1. The second kappa shape index (κ2) is 4.07. The number of carbonyl (C=O) groups is 1. The molecule has 1 aromatic heterocycles. The lowest BCUT2D eigenvalue weighted by molar-refractivity contribution is -0.114. The van der Waals surface area contributed by atoms with Gasteiger partial charge in [0, 0.05) is 28.3 Å². The zero-order valence-electron chi connectivity index (χ0n) is 9.58. The van der Waals surface area contributed by atoms with Crippen molar-refractivity contribution >= 4 is 44.0 Å². The SMILES string of the molecule is CC(=O)Nc1cc2c(cc1Br)-c1nc(N)sc1C2. The Morgan fingerprint density at radius 1 is 1.56 bits per heavy atom. The van der Waals surface area contributed by atoms with Crippen LogP contribution in [0.25, 0.3) is 11.3 Å². The molecule has 0 unspecified atom stereocenters. The summed E-state index contributed by atoms with van der Waals surface area (Å²) in [4.78, 5) is 16.7. The Balaban J connectivity index is 2.09. The number of nitrogens with one attached hydrogen (secondary N) is 1. The van der Waals surface area contributed by atoms with Crippen LogP contribution in [-0.4, -0.2) is 10.9 Å². The van der Waals surface area contributed by atoms with Crippen molar-refractivity contribution in [2.75, 3.05) is 11.1 Å². The highest BCUT2D eigenvalue weighted by Crippen LogP contribution is 2.43. The van der Waals surface area contributed by atoms with Crippen molar-refractivity contribution in [3.63, 3.8) is 0 Å². The molecule has 1 amide bonds. The number of fused-ring (bicyclic) bond motifs is 3. The number of nitrogens with zero attached hydrogens (tertiary/aromatic N) is 1. The van der Waals surface area contributed by atoms with E-state index in [4.69, 9.17) is 5.73 Å². The van der Waals surface area contributed by atoms with E-state index in [1.165, 1.54) is 28.7 Å². The Kier molecular flexibility index (Phi) is 2.64. The van der Waals surface area contributed by atoms with Gasteiger partial charge in [0.25, 0.3) is 0 Å². The molecule has 2 aromatic rings. The number of thiazole rings is 1. The molecule has 1 aliphatic rings. The van der Waals surface area contributed by atoms with Crippen molar-refractivity contribution in [2.24, 2.45) is 0 Å². The fraction of sp³-hybridized carbons (Fsp3) is 0.167. The number of halogens is 1. The van der Waals surface area contributed by atoms with E-state index < -0.39 is 0 Å². The molecule has 0 atom stereocenters. The molecule has 0 bridgehead atoms. The highest BCUT2D eigenvalue weighted by molar-refractivity contribution is 9.10. The standard InChI is InChI=1S/C12H10BrN3OS/c1-5(17)15-9-2-6-3-10-11(16-12(14)18-10)7(6)4-8(9)13/h2,4H,3H2,1H3,(H2,14,16)(H,15,17). The maximum Gasteiger partial charge on any atom is 0.221 e. The number of rotatable bonds is 1. The molecule has 3 N–H and O–H groups in total. The van der Waals surface area contributed by atoms with Crippen LogP contribution in [0.15, 0.2) is 16.6 Å². The van der Waals surface area contributed by atoms with Gasteiger partial charge in [0.1, 0.15) is 0 Å². The minimum absolute atomic E-state index is 0.0780. The molecule has 4 nitrogen and oxygen atoms in total. The first kappa shape index (κ1) is 11.7. The van der Waals surface area contributed by atoms with Crippen LogP contribution in [0.1, 0.15) is 17.4 Å². The largest absolute Gasteiger partial charge is 0.375 e. The first-order valence-electron chi connectivity index (χ1n) is 5.40. The monoisotopic (exact) mass is 323 g/mol. The predicted octanol–water partition coefficient (Wildman–Crippen LogP) is 3.02. The van der Waals surface area contributed by atoms with Crippen LogP contribution in [-0.2, 0) is 11.2 Å². The summed E-state index contributed by atoms with van der Waals surface area (Å²) in [6, 6.07) is 3.98. The predicted molar refractivity (Wildman–Crippen MR) is 76.8 cm³/mol. The van der Waals surface area contributed by atoms with Gasteiger partial charge >= 0.3 is 0 Å². The van der Waals surface area contributed by atoms with Crippen LogP contribution in [0, 0.1) is 0 Å². The molecule has 18 heavy (non-hydrogen) atoms. The maximum absolute atomic E-state index is 11.1. The molecule has 0 aliphatic heterocycles. The molecule has 92 valence electrons. The topological polar surface area (TPSA) is 68.0 Å². The molecule has 1 aromatic carbocycles. The summed E-state index contributed by atoms with van der Waals surface area (Å²) < 4.78 is 0.857. The first-order valence-corrected chi connectivity index (χ1v) is 7.01. The second-order valence-corrected chi connectivity index (χ2v) is 6.14. The Bertz CT molecular complexity index is 666. The van der Waals surface area contributed by atoms with Crippen molar-refractivity contribution in [1.82, 2.24) is 4.98 Å². The van der Waals surface area contributed by atoms with Crippen LogP contribution < -0.4 is 11.1 Å². The number of nitrogens with two attached hydrogens (primary N) is 1. The summed E-state index contributed by atoms with van der Waals surface area (Å²) in [5.74, 6) is -0.0780. The average molecular weight is 324 g/mol. The minimum Gasteiger partial charge on any atom is -0.375 e. The van der Waals surface area contributed by atoms with Crippen LogP contribution in [0.4, 0.5) is 10.8 Å². The molecule has 0 radical (unpaired) electrons. The van der Waals surface area contributed by atoms with Gasteiger partial charge in [0.05, 0.1) is 11.4 Å². The number of anilines is 2. The Labute approximate surface area is 116 Å². The molecular formula is C12H10BrN3OS. The van der Waals surface area contributed by atoms with Gasteiger partial charge in [-0.1, -0.05) is 0 Å². The van der Waals surface area contributed by atoms with Gasteiger partial charge in [-0.2, -0.15) is 0 Å². The summed E-state index contributed by atoms with van der Waals surface area (Å²) in [5, 5.41) is 3.41. The van der Waals surface area contributed by atoms with Gasteiger partial charge in [0.2, 0.25) is 5.91 Å². The third-order valence-corrected chi connectivity index (χ3v) is 4.36. The van der Waals surface area contributed by atoms with E-state index in [0.717, 1.165) is 27.8 Å². The molecule has 6 heteroatoms. The minimum atomic E-state index is -0.0780. The molecular weight excluding hydrogens is 314 g/mol. The summed E-state index contributed by atoms with van der Waals surface area (Å²) in [7, 11) is 0. The molecule has 0 fully saturated rings. The van der Waals surface area contributed by atoms with Gasteiger partial charge in [-0.25, -0.2) is 4.98 Å². The smallest absolute Gasteiger partial charge is 0.221 e. The number of carbonyl (C=O) groups excluding carboxylic acids is 1. The normalized spacial score (nSPS) is 12.1. The van der Waals surface area contributed by atoms with Gasteiger partial charge in [-0.3, -0.25) is 4.79 Å². The maximum atomic E-state index is 11.1. The lowest BCUT2D eigenvalue weighted by Gasteiger charge is -2.08. The molecule has 3 rings (SSSR count). The van der Waals surface area contributed by atoms with Crippen molar-refractivity contribution < 1.29 is 4.79 Å². The lowest BCUT2D eigenvalue weighted by Crippen LogP contribution is -2.06. The van der Waals surface area contributed by atoms with Crippen molar-refractivity contribution in [3.05, 3.63) is 27.0 Å². The number of benzene rings is 1. The third kappa shape index (κ3) is 1.81. The highest BCUT2D eigenvalue weighted by Gasteiger charge is 2.24. The zero-order valence-corrected chi connectivity index (χ0v) is 12.0. The molecule has 1 aliphatic carbocycles. The fourth-order valence-electron chi connectivity index (χ4n) is 2.14. The summed E-state index contributed by atoms with van der Waals surface area (Å²) >= 11 is 4.99. The van der Waals surface area contributed by atoms with E-state index in [1.54, 1.807) is 0 Å². The van der Waals surface area contributed by atoms with E-state index in [1.807, 2.05) is 12.1 Å². The highest BCUT2D eigenvalue weighted by atomic mass is 79.9. The van der Waals surface area contributed by atoms with E-state index in [-0.39, 0.29) is 5.91 Å². The number of hydrogen-bond acceptors (Lipinski definition) is 4. The van der Waals surface area contributed by atoms with Gasteiger partial charge < -0.3 is 11.1 Å². The van der Waals surface area contributed by atoms with Gasteiger partial charge in [0.15, 0.2) is 5.13 Å². The molecule has 0 saturated carbocycles. The second-order valence-electron chi connectivity index (χ2n) is 4.17. The van der Waals surface area contributed by atoms with Crippen molar-refractivity contribution in [3.8, 4) is 11.3 Å². The van der Waals surface area contributed by atoms with Gasteiger partial charge in [-0.05, 0) is 33.6 Å². The summed E-state index contributed by atoms with van der Waals surface area (Å²) in [6.45, 7) is 1.50. The average Bonchev–Trinajstić information content (AvgIpc) is 2.75. The molecule has 0 spiro atoms. The van der Waals surface area contributed by atoms with Crippen molar-refractivity contribution in [2.45, 2.75) is 13.3 Å². The van der Waals surface area contributed by atoms with Crippen LogP contribution in [0.3, 0.4) is 0 Å². The first-order chi connectivity index (χ1) is 8.54. The molecule has 0 saturated heterocycles. The van der Waals surface area contributed by atoms with E-state index in [2.05, 4.69) is 26.2 Å². The van der Waals surface area contributed by atoms with Crippen LogP contribution in [0.2, 0.25) is 0 Å². The van der Waals surface area contributed by atoms with E-state index in [9.17, 15) is 4.79 Å². The van der Waals surface area contributed by atoms with Crippen LogP contribution >= 0.6 is 27.3 Å². The number of hydrogen-bond donors (Lipinski definition) is 2. The quantitative estimate of drug-likeness (QED) is 0.723. The Morgan fingerprint density at radius 2 is 2.33 bits per heavy atom. The van der Waals surface area contributed by atoms with Crippen LogP contribution in [0.5, 0.6) is 0 Å². The number of nitrogen functional groups attached to an aromatic ring is 1. The third-order valence-electron chi connectivity index (χ3n) is 2.82. The van der Waals surface area contributed by atoms with E-state index >= 15 is 0 Å². The Hall–Kier alpha value is -1.40. The summed E-state index contributed by atoms with van der Waals surface area (Å²) in [6.07, 6.45) is 0.833. The lowest BCUT2D eigenvalue weighted by atomic mass is 10.1. The fourth-order valence-corrected chi connectivity index (χ4v) is 3.46. The zero-order chi connectivity index (χ0) is 12.9. The molecule has 1 heterocycles. The van der Waals surface area contributed by atoms with Crippen molar-refractivity contribution in [1.29, 1.82) is 0 Å². The number of amides is 1.